The average molecular weight is 232 g/mol. The number of ether oxygens (including phenoxy) is 1. The Labute approximate surface area is 101 Å². The van der Waals surface area contributed by atoms with Crippen LogP contribution in [0, 0.1) is 0 Å². The van der Waals surface area contributed by atoms with Gasteiger partial charge in [0, 0.05) is 13.2 Å². The van der Waals surface area contributed by atoms with E-state index < -0.39 is 5.97 Å². The SMILES string of the molecule is COC/C(=C\C(=O)O)c1ccc2c(c1)CCC2. The summed E-state index contributed by atoms with van der Waals surface area (Å²) in [6, 6.07) is 6.18. The molecule has 3 heteroatoms. The fraction of sp³-hybridized carbons (Fsp3) is 0.357. The van der Waals surface area contributed by atoms with Gasteiger partial charge in [-0.15, -0.1) is 0 Å². The van der Waals surface area contributed by atoms with Crippen molar-refractivity contribution in [3.63, 3.8) is 0 Å². The van der Waals surface area contributed by atoms with Crippen LogP contribution >= 0.6 is 0 Å². The van der Waals surface area contributed by atoms with Crippen LogP contribution in [0.15, 0.2) is 24.3 Å². The largest absolute Gasteiger partial charge is 0.478 e. The summed E-state index contributed by atoms with van der Waals surface area (Å²) in [6.45, 7) is 0.324. The predicted octanol–water partition coefficient (Wildman–Crippen LogP) is 2.29. The molecule has 0 saturated heterocycles. The van der Waals surface area contributed by atoms with Crippen LogP contribution in [-0.4, -0.2) is 24.8 Å². The van der Waals surface area contributed by atoms with E-state index in [0.29, 0.717) is 6.61 Å². The number of rotatable bonds is 4. The molecule has 1 N–H and O–H groups in total. The molecule has 0 unspecified atom stereocenters. The number of hydrogen-bond donors (Lipinski definition) is 1. The zero-order chi connectivity index (χ0) is 12.3. The smallest absolute Gasteiger partial charge is 0.328 e. The normalized spacial score (nSPS) is 14.8. The molecule has 17 heavy (non-hydrogen) atoms. The van der Waals surface area contributed by atoms with E-state index in [1.807, 2.05) is 6.07 Å². The molecule has 0 atom stereocenters. The number of fused-ring (bicyclic) bond motifs is 1. The average Bonchev–Trinajstić information content (AvgIpc) is 2.74. The number of aryl methyl sites for hydroxylation is 2. The molecule has 1 aliphatic rings. The van der Waals surface area contributed by atoms with E-state index >= 15 is 0 Å². The van der Waals surface area contributed by atoms with E-state index in [0.717, 1.165) is 24.0 Å². The van der Waals surface area contributed by atoms with Crippen molar-refractivity contribution >= 4 is 11.5 Å². The molecule has 0 aliphatic heterocycles. The van der Waals surface area contributed by atoms with Gasteiger partial charge in [0.2, 0.25) is 0 Å². The van der Waals surface area contributed by atoms with Crippen LogP contribution in [0.1, 0.15) is 23.1 Å². The maximum atomic E-state index is 10.8. The lowest BCUT2D eigenvalue weighted by atomic mass is 10.0. The highest BCUT2D eigenvalue weighted by atomic mass is 16.5. The topological polar surface area (TPSA) is 46.5 Å². The maximum absolute atomic E-state index is 10.8. The minimum Gasteiger partial charge on any atom is -0.478 e. The van der Waals surface area contributed by atoms with Gasteiger partial charge in [0.25, 0.3) is 0 Å². The fourth-order valence-corrected chi connectivity index (χ4v) is 2.28. The molecule has 90 valence electrons. The summed E-state index contributed by atoms with van der Waals surface area (Å²) in [4.78, 5) is 10.8. The van der Waals surface area contributed by atoms with Crippen molar-refractivity contribution in [1.29, 1.82) is 0 Å². The minimum atomic E-state index is -0.933. The maximum Gasteiger partial charge on any atom is 0.328 e. The molecule has 0 fully saturated rings. The Morgan fingerprint density at radius 1 is 1.41 bits per heavy atom. The lowest BCUT2D eigenvalue weighted by molar-refractivity contribution is -0.131. The fourth-order valence-electron chi connectivity index (χ4n) is 2.28. The highest BCUT2D eigenvalue weighted by Gasteiger charge is 2.12. The summed E-state index contributed by atoms with van der Waals surface area (Å²) in [5.41, 5.74) is 4.40. The van der Waals surface area contributed by atoms with Crippen LogP contribution in [0.3, 0.4) is 0 Å². The van der Waals surface area contributed by atoms with E-state index in [2.05, 4.69) is 12.1 Å². The van der Waals surface area contributed by atoms with Crippen LogP contribution in [0.25, 0.3) is 5.57 Å². The number of carbonyl (C=O) groups is 1. The molecule has 0 saturated carbocycles. The second-order valence-corrected chi connectivity index (χ2v) is 4.28. The van der Waals surface area contributed by atoms with Crippen LogP contribution < -0.4 is 0 Å². The van der Waals surface area contributed by atoms with Gasteiger partial charge in [-0.05, 0) is 41.5 Å². The Morgan fingerprint density at radius 2 is 2.18 bits per heavy atom. The number of carboxylic acid groups (broad SMARTS) is 1. The Morgan fingerprint density at radius 3 is 2.88 bits per heavy atom. The van der Waals surface area contributed by atoms with Crippen molar-refractivity contribution in [1.82, 2.24) is 0 Å². The van der Waals surface area contributed by atoms with Gasteiger partial charge in [-0.2, -0.15) is 0 Å². The second kappa shape index (κ2) is 5.15. The number of benzene rings is 1. The molecule has 3 nitrogen and oxygen atoms in total. The molecule has 1 aromatic rings. The molecular weight excluding hydrogens is 216 g/mol. The molecule has 0 spiro atoms. The van der Waals surface area contributed by atoms with Gasteiger partial charge in [0.05, 0.1) is 6.61 Å². The highest BCUT2D eigenvalue weighted by Crippen LogP contribution is 2.26. The molecule has 0 aromatic heterocycles. The number of methoxy groups -OCH3 is 1. The first-order valence-corrected chi connectivity index (χ1v) is 5.75. The minimum absolute atomic E-state index is 0.324. The Kier molecular flexibility index (Phi) is 3.59. The van der Waals surface area contributed by atoms with Crippen LogP contribution in [0.4, 0.5) is 0 Å². The van der Waals surface area contributed by atoms with Crippen molar-refractivity contribution in [3.05, 3.63) is 41.0 Å². The number of hydrogen-bond acceptors (Lipinski definition) is 2. The molecule has 0 amide bonds. The summed E-state index contributed by atoms with van der Waals surface area (Å²) in [6.07, 6.45) is 4.65. The first kappa shape index (κ1) is 11.9. The number of carboxylic acids is 1. The molecule has 0 radical (unpaired) electrons. The van der Waals surface area contributed by atoms with Gasteiger partial charge < -0.3 is 9.84 Å². The summed E-state index contributed by atoms with van der Waals surface area (Å²) >= 11 is 0. The van der Waals surface area contributed by atoms with Gasteiger partial charge in [-0.3, -0.25) is 0 Å². The monoisotopic (exact) mass is 232 g/mol. The Balaban J connectivity index is 2.33. The van der Waals surface area contributed by atoms with Crippen molar-refractivity contribution < 1.29 is 14.6 Å². The van der Waals surface area contributed by atoms with Crippen molar-refractivity contribution in [3.8, 4) is 0 Å². The highest BCUT2D eigenvalue weighted by molar-refractivity contribution is 5.90. The van der Waals surface area contributed by atoms with Crippen molar-refractivity contribution in [2.45, 2.75) is 19.3 Å². The third-order valence-electron chi connectivity index (χ3n) is 3.07. The first-order chi connectivity index (χ1) is 8.20. The lowest BCUT2D eigenvalue weighted by Crippen LogP contribution is -1.99. The Bertz CT molecular complexity index is 461. The van der Waals surface area contributed by atoms with E-state index in [9.17, 15) is 4.79 Å². The van der Waals surface area contributed by atoms with E-state index in [-0.39, 0.29) is 0 Å². The van der Waals surface area contributed by atoms with Crippen LogP contribution in [0.2, 0.25) is 0 Å². The molecule has 1 aliphatic carbocycles. The third kappa shape index (κ3) is 2.74. The van der Waals surface area contributed by atoms with Gasteiger partial charge >= 0.3 is 5.97 Å². The number of aliphatic carboxylic acids is 1. The zero-order valence-corrected chi connectivity index (χ0v) is 9.90. The first-order valence-electron chi connectivity index (χ1n) is 5.75. The third-order valence-corrected chi connectivity index (χ3v) is 3.07. The van der Waals surface area contributed by atoms with Gasteiger partial charge in [0.15, 0.2) is 0 Å². The molecular formula is C14H16O3. The molecule has 2 rings (SSSR count). The van der Waals surface area contributed by atoms with Crippen LogP contribution in [0.5, 0.6) is 0 Å². The summed E-state index contributed by atoms with van der Waals surface area (Å²) in [7, 11) is 1.57. The van der Waals surface area contributed by atoms with Crippen molar-refractivity contribution in [2.24, 2.45) is 0 Å². The second-order valence-electron chi connectivity index (χ2n) is 4.28. The summed E-state index contributed by atoms with van der Waals surface area (Å²) in [5, 5.41) is 8.83. The standard InChI is InChI=1S/C14H16O3/c1-17-9-13(8-14(15)16)12-6-5-10-3-2-4-11(10)7-12/h5-8H,2-4,9H2,1H3,(H,15,16)/b13-8+. The van der Waals surface area contributed by atoms with E-state index in [1.165, 1.54) is 23.6 Å². The van der Waals surface area contributed by atoms with Crippen molar-refractivity contribution in [2.75, 3.05) is 13.7 Å². The van der Waals surface area contributed by atoms with Gasteiger partial charge in [-0.25, -0.2) is 4.79 Å². The lowest BCUT2D eigenvalue weighted by Gasteiger charge is -2.08. The van der Waals surface area contributed by atoms with Gasteiger partial charge in [-0.1, -0.05) is 18.2 Å². The molecule has 1 aromatic carbocycles. The van der Waals surface area contributed by atoms with Gasteiger partial charge in [0.1, 0.15) is 0 Å². The van der Waals surface area contributed by atoms with E-state index in [1.54, 1.807) is 7.11 Å². The Hall–Kier alpha value is -1.61. The van der Waals surface area contributed by atoms with E-state index in [4.69, 9.17) is 9.84 Å². The zero-order valence-electron chi connectivity index (χ0n) is 9.90. The summed E-state index contributed by atoms with van der Waals surface area (Å²) in [5.74, 6) is -0.933. The quantitative estimate of drug-likeness (QED) is 0.810. The summed E-state index contributed by atoms with van der Waals surface area (Å²) < 4.78 is 5.05. The molecule has 0 heterocycles. The molecule has 0 bridgehead atoms. The van der Waals surface area contributed by atoms with Crippen LogP contribution in [-0.2, 0) is 22.4 Å². The predicted molar refractivity (Wildman–Crippen MR) is 66.0 cm³/mol.